The number of benzene rings is 1. The number of fused-ring (bicyclic) bond motifs is 2. The molecule has 0 atom stereocenters. The van der Waals surface area contributed by atoms with Crippen LogP contribution in [0.25, 0.3) is 0 Å². The average molecular weight is 446 g/mol. The summed E-state index contributed by atoms with van der Waals surface area (Å²) in [4.78, 5) is 39.2. The lowest BCUT2D eigenvalue weighted by Gasteiger charge is -2.18. The van der Waals surface area contributed by atoms with E-state index in [0.717, 1.165) is 17.0 Å². The summed E-state index contributed by atoms with van der Waals surface area (Å²) in [5, 5.41) is 2.43. The summed E-state index contributed by atoms with van der Waals surface area (Å²) in [6.45, 7) is 0.537. The van der Waals surface area contributed by atoms with Crippen LogP contribution in [0.1, 0.15) is 29.0 Å². The van der Waals surface area contributed by atoms with Crippen LogP contribution >= 0.6 is 0 Å². The van der Waals surface area contributed by atoms with Crippen molar-refractivity contribution in [1.82, 2.24) is 14.5 Å². The monoisotopic (exact) mass is 446 g/mol. The maximum absolute atomic E-state index is 15.2. The zero-order valence-electron chi connectivity index (χ0n) is 17.1. The number of carbonyl (C=O) groups is 2. The van der Waals surface area contributed by atoms with E-state index in [9.17, 15) is 9.59 Å². The molecule has 0 unspecified atom stereocenters. The minimum atomic E-state index is -0.994. The molecule has 8 nitrogen and oxygen atoms in total. The number of nitrogens with one attached hydrogen (secondary N) is 1. The summed E-state index contributed by atoms with van der Waals surface area (Å²) in [7, 11) is 0. The van der Waals surface area contributed by atoms with E-state index in [1.165, 1.54) is 12.3 Å². The standard InChI is InChI=1S/C23H16F2N6O2/c24-14-10-13(29-20(32)17-4-1-2-8-27-17)11-15(25)19(14)30-21(33)23(6-7-23)31-18(12-28-22(30)31)16-5-3-9-26-16/h1-5,8,10-12H,6-7,9H2,(H,29,32). The summed E-state index contributed by atoms with van der Waals surface area (Å²) in [5.74, 6) is -2.88. The molecule has 2 aromatic heterocycles. The highest BCUT2D eigenvalue weighted by molar-refractivity contribution is 6.14. The Morgan fingerprint density at radius 2 is 1.91 bits per heavy atom. The molecule has 6 rings (SSSR count). The molecule has 33 heavy (non-hydrogen) atoms. The summed E-state index contributed by atoms with van der Waals surface area (Å²) in [6, 6.07) is 6.71. The number of anilines is 3. The fourth-order valence-corrected chi connectivity index (χ4v) is 4.33. The molecule has 2 aliphatic heterocycles. The quantitative estimate of drug-likeness (QED) is 0.666. The number of imidazole rings is 1. The van der Waals surface area contributed by atoms with Crippen LogP contribution < -0.4 is 10.2 Å². The number of nitrogens with zero attached hydrogens (tertiary/aromatic N) is 5. The number of aromatic nitrogens is 3. The van der Waals surface area contributed by atoms with Crippen molar-refractivity contribution >= 4 is 34.8 Å². The Hall–Kier alpha value is -4.21. The molecule has 1 spiro atoms. The van der Waals surface area contributed by atoms with Crippen LogP contribution in [0.2, 0.25) is 0 Å². The minimum Gasteiger partial charge on any atom is -0.320 e. The van der Waals surface area contributed by atoms with Crippen molar-refractivity contribution in [2.45, 2.75) is 18.4 Å². The zero-order chi connectivity index (χ0) is 22.7. The van der Waals surface area contributed by atoms with Crippen molar-refractivity contribution in [3.63, 3.8) is 0 Å². The number of amides is 2. The first kappa shape index (κ1) is 19.5. The number of allylic oxidation sites excluding steroid dienone is 1. The van der Waals surface area contributed by atoms with Crippen LogP contribution in [-0.2, 0) is 10.3 Å². The molecule has 1 saturated carbocycles. The Balaban J connectivity index is 1.38. The average Bonchev–Trinajstić information content (AvgIpc) is 3.14. The maximum Gasteiger partial charge on any atom is 0.274 e. The van der Waals surface area contributed by atoms with Crippen LogP contribution in [0, 0.1) is 11.6 Å². The smallest absolute Gasteiger partial charge is 0.274 e. The first-order valence-electron chi connectivity index (χ1n) is 10.4. The van der Waals surface area contributed by atoms with Gasteiger partial charge in [-0.2, -0.15) is 0 Å². The van der Waals surface area contributed by atoms with E-state index in [1.807, 2.05) is 12.2 Å². The highest BCUT2D eigenvalue weighted by atomic mass is 19.1. The van der Waals surface area contributed by atoms with Gasteiger partial charge in [0.25, 0.3) is 11.8 Å². The lowest BCUT2D eigenvalue weighted by atomic mass is 10.2. The van der Waals surface area contributed by atoms with E-state index < -0.39 is 34.7 Å². The van der Waals surface area contributed by atoms with Gasteiger partial charge >= 0.3 is 0 Å². The molecular formula is C23H16F2N6O2. The third-order valence-corrected chi connectivity index (χ3v) is 6.00. The van der Waals surface area contributed by atoms with Gasteiger partial charge in [0.2, 0.25) is 5.95 Å². The number of hydrogen-bond donors (Lipinski definition) is 1. The second kappa shape index (κ2) is 6.89. The molecule has 1 N–H and O–H groups in total. The van der Waals surface area contributed by atoms with Gasteiger partial charge in [-0.3, -0.25) is 24.1 Å². The van der Waals surface area contributed by atoms with Gasteiger partial charge in [0, 0.05) is 11.9 Å². The third kappa shape index (κ3) is 2.83. The molecule has 3 aliphatic rings. The fraction of sp³-hybridized carbons (Fsp3) is 0.174. The van der Waals surface area contributed by atoms with Crippen molar-refractivity contribution in [2.75, 3.05) is 16.8 Å². The number of hydrogen-bond acceptors (Lipinski definition) is 5. The minimum absolute atomic E-state index is 0.0911. The van der Waals surface area contributed by atoms with Crippen molar-refractivity contribution in [1.29, 1.82) is 0 Å². The van der Waals surface area contributed by atoms with Crippen molar-refractivity contribution in [3.8, 4) is 0 Å². The topological polar surface area (TPSA) is 92.5 Å². The highest BCUT2D eigenvalue weighted by Gasteiger charge is 2.62. The normalized spacial score (nSPS) is 17.5. The van der Waals surface area contributed by atoms with Crippen LogP contribution in [-0.4, -0.2) is 38.6 Å². The first-order chi connectivity index (χ1) is 16.0. The van der Waals surface area contributed by atoms with Crippen molar-refractivity contribution in [3.05, 3.63) is 77.9 Å². The maximum atomic E-state index is 15.2. The van der Waals surface area contributed by atoms with Gasteiger partial charge in [-0.1, -0.05) is 12.1 Å². The van der Waals surface area contributed by atoms with E-state index in [4.69, 9.17) is 0 Å². The van der Waals surface area contributed by atoms with E-state index in [2.05, 4.69) is 20.3 Å². The molecule has 3 aromatic rings. The van der Waals surface area contributed by atoms with E-state index in [1.54, 1.807) is 22.9 Å². The Morgan fingerprint density at radius 3 is 2.55 bits per heavy atom. The van der Waals surface area contributed by atoms with Gasteiger partial charge in [-0.15, -0.1) is 0 Å². The molecule has 4 heterocycles. The summed E-state index contributed by atoms with van der Waals surface area (Å²) < 4.78 is 32.1. The van der Waals surface area contributed by atoms with E-state index in [-0.39, 0.29) is 17.3 Å². The second-order valence-electron chi connectivity index (χ2n) is 8.04. The Bertz CT molecular complexity index is 1370. The molecule has 2 amide bonds. The van der Waals surface area contributed by atoms with Gasteiger partial charge in [0.1, 0.15) is 16.9 Å². The van der Waals surface area contributed by atoms with Crippen LogP contribution in [0.3, 0.4) is 0 Å². The highest BCUT2D eigenvalue weighted by Crippen LogP contribution is 2.55. The van der Waals surface area contributed by atoms with Crippen molar-refractivity contribution in [2.24, 2.45) is 4.99 Å². The summed E-state index contributed by atoms with van der Waals surface area (Å²) in [5.41, 5.74) is -0.0830. The Kier molecular flexibility index (Phi) is 4.07. The molecule has 1 fully saturated rings. The van der Waals surface area contributed by atoms with Crippen LogP contribution in [0.5, 0.6) is 0 Å². The lowest BCUT2D eigenvalue weighted by molar-refractivity contribution is -0.120. The van der Waals surface area contributed by atoms with E-state index >= 15 is 8.78 Å². The third-order valence-electron chi connectivity index (χ3n) is 6.00. The molecular weight excluding hydrogens is 430 g/mol. The fourth-order valence-electron chi connectivity index (χ4n) is 4.33. The molecule has 1 aromatic carbocycles. The van der Waals surface area contributed by atoms with Gasteiger partial charge in [0.05, 0.1) is 24.1 Å². The molecule has 164 valence electrons. The van der Waals surface area contributed by atoms with Gasteiger partial charge < -0.3 is 5.32 Å². The molecule has 1 aliphatic carbocycles. The zero-order valence-corrected chi connectivity index (χ0v) is 17.1. The largest absolute Gasteiger partial charge is 0.320 e. The molecule has 0 radical (unpaired) electrons. The molecule has 10 heteroatoms. The molecule has 0 saturated heterocycles. The lowest BCUT2D eigenvalue weighted by Crippen LogP contribution is -2.32. The second-order valence-corrected chi connectivity index (χ2v) is 8.04. The predicted octanol–water partition coefficient (Wildman–Crippen LogP) is 3.33. The van der Waals surface area contributed by atoms with E-state index in [0.29, 0.717) is 30.8 Å². The summed E-state index contributed by atoms with van der Waals surface area (Å²) in [6.07, 6.45) is 7.85. The van der Waals surface area contributed by atoms with Gasteiger partial charge in [0.15, 0.2) is 11.6 Å². The number of aliphatic imine (C=N–C) groups is 1. The Morgan fingerprint density at radius 1 is 1.12 bits per heavy atom. The van der Waals surface area contributed by atoms with Gasteiger partial charge in [-0.05, 0) is 43.2 Å². The van der Waals surface area contributed by atoms with Crippen LogP contribution in [0.4, 0.5) is 26.1 Å². The number of carbonyl (C=O) groups excluding carboxylic acids is 2. The number of halogens is 2. The first-order valence-corrected chi connectivity index (χ1v) is 10.4. The van der Waals surface area contributed by atoms with Gasteiger partial charge in [-0.25, -0.2) is 18.7 Å². The predicted molar refractivity (Wildman–Crippen MR) is 116 cm³/mol. The van der Waals surface area contributed by atoms with Crippen molar-refractivity contribution < 1.29 is 18.4 Å². The number of pyridine rings is 1. The number of rotatable bonds is 4. The SMILES string of the molecule is O=C(Nc1cc(F)c(N2C(=O)C3(CC3)n3c(C4=NCC=C4)cnc32)c(F)c1)c1ccccn1. The Labute approximate surface area is 186 Å². The van der Waals surface area contributed by atoms with Crippen LogP contribution in [0.15, 0.2) is 59.9 Å². The summed E-state index contributed by atoms with van der Waals surface area (Å²) >= 11 is 0. The molecule has 0 bridgehead atoms.